The molecule has 7 heteroatoms. The number of pyridine rings is 1. The van der Waals surface area contributed by atoms with Gasteiger partial charge < -0.3 is 19.8 Å². The Labute approximate surface area is 235 Å². The van der Waals surface area contributed by atoms with Crippen molar-refractivity contribution < 1.29 is 9.90 Å². The Balaban J connectivity index is 1.25. The fourth-order valence-electron chi connectivity index (χ4n) is 7.32. The summed E-state index contributed by atoms with van der Waals surface area (Å²) >= 11 is 0. The Morgan fingerprint density at radius 2 is 2.08 bits per heavy atom. The van der Waals surface area contributed by atoms with Gasteiger partial charge in [0.2, 0.25) is 5.91 Å². The van der Waals surface area contributed by atoms with Gasteiger partial charge in [0.1, 0.15) is 23.2 Å². The van der Waals surface area contributed by atoms with Crippen molar-refractivity contribution in [1.29, 1.82) is 5.26 Å². The highest BCUT2D eigenvalue weighted by molar-refractivity contribution is 6.01. The van der Waals surface area contributed by atoms with Crippen LogP contribution in [-0.2, 0) is 11.2 Å². The molecule has 1 spiro atoms. The first kappa shape index (κ1) is 25.1. The predicted molar refractivity (Wildman–Crippen MR) is 156 cm³/mol. The van der Waals surface area contributed by atoms with Gasteiger partial charge in [-0.05, 0) is 79.7 Å². The quantitative estimate of drug-likeness (QED) is 0.480. The summed E-state index contributed by atoms with van der Waals surface area (Å²) in [4.78, 5) is 24.2. The number of carbonyl (C=O) groups excluding carboxylic acids is 1. The van der Waals surface area contributed by atoms with E-state index in [-0.39, 0.29) is 17.1 Å². The predicted octanol–water partition coefficient (Wildman–Crippen LogP) is 4.69. The molecule has 3 aromatic rings. The summed E-state index contributed by atoms with van der Waals surface area (Å²) in [5, 5.41) is 23.3. The number of aromatic nitrogens is 1. The van der Waals surface area contributed by atoms with Gasteiger partial charge in [0.15, 0.2) is 0 Å². The van der Waals surface area contributed by atoms with Crippen molar-refractivity contribution in [3.8, 4) is 22.9 Å². The van der Waals surface area contributed by atoms with Crippen LogP contribution in [0.2, 0.25) is 0 Å². The SMILES string of the molecule is CN(C)CC=CC(=O)N1CC2(CCN(c3nc4c(c(-c5cc(O)cc6ccccc56)c3C#N)CC[C@@H]3C[C@H]43)C2)C1. The third kappa shape index (κ3) is 4.13. The van der Waals surface area contributed by atoms with E-state index in [1.54, 1.807) is 12.1 Å². The summed E-state index contributed by atoms with van der Waals surface area (Å²) in [5.74, 6) is 2.24. The molecule has 1 aromatic heterocycles. The number of amides is 1. The van der Waals surface area contributed by atoms with Crippen molar-refractivity contribution in [2.75, 3.05) is 51.7 Å². The number of nitriles is 1. The van der Waals surface area contributed by atoms with E-state index in [0.29, 0.717) is 17.4 Å². The Hall–Kier alpha value is -3.89. The Bertz CT molecular complexity index is 1600. The second kappa shape index (κ2) is 9.35. The van der Waals surface area contributed by atoms with Crippen LogP contribution in [-0.4, -0.2) is 72.6 Å². The fraction of sp³-hybridized carbons (Fsp3) is 0.424. The van der Waals surface area contributed by atoms with Crippen LogP contribution in [0.1, 0.15) is 42.0 Å². The molecule has 40 heavy (non-hydrogen) atoms. The summed E-state index contributed by atoms with van der Waals surface area (Å²) in [7, 11) is 3.98. The molecule has 2 aromatic carbocycles. The normalized spacial score (nSPS) is 22.4. The first-order valence-electron chi connectivity index (χ1n) is 14.4. The number of hydrogen-bond donors (Lipinski definition) is 1. The summed E-state index contributed by atoms with van der Waals surface area (Å²) < 4.78 is 0. The van der Waals surface area contributed by atoms with Gasteiger partial charge >= 0.3 is 0 Å². The topological polar surface area (TPSA) is 83.7 Å². The van der Waals surface area contributed by atoms with Gasteiger partial charge in [-0.25, -0.2) is 4.98 Å². The smallest absolute Gasteiger partial charge is 0.246 e. The molecule has 2 atom stereocenters. The number of fused-ring (bicyclic) bond motifs is 4. The van der Waals surface area contributed by atoms with Gasteiger partial charge in [-0.1, -0.05) is 30.3 Å². The Morgan fingerprint density at radius 1 is 1.25 bits per heavy atom. The zero-order valence-electron chi connectivity index (χ0n) is 23.2. The van der Waals surface area contributed by atoms with Crippen LogP contribution in [0.3, 0.4) is 0 Å². The molecule has 3 fully saturated rings. The van der Waals surface area contributed by atoms with E-state index in [4.69, 9.17) is 4.98 Å². The second-order valence-corrected chi connectivity index (χ2v) is 12.5. The minimum atomic E-state index is 0.0509. The van der Waals surface area contributed by atoms with E-state index in [0.717, 1.165) is 85.4 Å². The third-order valence-corrected chi connectivity index (χ3v) is 9.41. The number of carbonyl (C=O) groups is 1. The molecule has 7 nitrogen and oxygen atoms in total. The van der Waals surface area contributed by atoms with Crippen LogP contribution < -0.4 is 4.90 Å². The van der Waals surface area contributed by atoms with Crippen LogP contribution in [0.25, 0.3) is 21.9 Å². The van der Waals surface area contributed by atoms with Gasteiger partial charge in [0.25, 0.3) is 0 Å². The molecule has 0 bridgehead atoms. The van der Waals surface area contributed by atoms with Crippen molar-refractivity contribution in [1.82, 2.24) is 14.8 Å². The van der Waals surface area contributed by atoms with Crippen molar-refractivity contribution >= 4 is 22.5 Å². The third-order valence-electron chi connectivity index (χ3n) is 9.41. The molecule has 0 radical (unpaired) electrons. The number of hydrogen-bond acceptors (Lipinski definition) is 6. The molecule has 0 unspecified atom stereocenters. The van der Waals surface area contributed by atoms with Crippen molar-refractivity contribution in [3.63, 3.8) is 0 Å². The molecular formula is C33H35N5O2. The molecular weight excluding hydrogens is 498 g/mol. The minimum Gasteiger partial charge on any atom is -0.508 e. The van der Waals surface area contributed by atoms with Gasteiger partial charge in [0.05, 0.1) is 5.69 Å². The van der Waals surface area contributed by atoms with Gasteiger partial charge in [-0.3, -0.25) is 4.79 Å². The van der Waals surface area contributed by atoms with Crippen molar-refractivity contribution in [2.24, 2.45) is 11.3 Å². The number of phenols is 1. The van der Waals surface area contributed by atoms with E-state index in [1.807, 2.05) is 54.2 Å². The lowest BCUT2D eigenvalue weighted by molar-refractivity contribution is -0.136. The van der Waals surface area contributed by atoms with E-state index >= 15 is 0 Å². The molecule has 1 saturated carbocycles. The Kier molecular flexibility index (Phi) is 5.87. The lowest BCUT2D eigenvalue weighted by Gasteiger charge is -2.47. The maximum Gasteiger partial charge on any atom is 0.246 e. The van der Waals surface area contributed by atoms with E-state index in [9.17, 15) is 15.2 Å². The highest BCUT2D eigenvalue weighted by Gasteiger charge is 2.50. The number of anilines is 1. The fourth-order valence-corrected chi connectivity index (χ4v) is 7.32. The molecule has 1 amide bonds. The van der Waals surface area contributed by atoms with Gasteiger partial charge in [-0.15, -0.1) is 0 Å². The molecule has 7 rings (SSSR count). The number of aromatic hydroxyl groups is 1. The maximum absolute atomic E-state index is 12.7. The lowest BCUT2D eigenvalue weighted by Crippen LogP contribution is -2.59. The van der Waals surface area contributed by atoms with Crippen molar-refractivity contribution in [2.45, 2.75) is 31.6 Å². The molecule has 4 aliphatic rings. The van der Waals surface area contributed by atoms with Crippen molar-refractivity contribution in [3.05, 3.63) is 65.4 Å². The molecule has 204 valence electrons. The van der Waals surface area contributed by atoms with E-state index in [1.165, 1.54) is 12.0 Å². The van der Waals surface area contributed by atoms with E-state index in [2.05, 4.69) is 17.0 Å². The number of likely N-dealkylation sites (tertiary alicyclic amines) is 1. The van der Waals surface area contributed by atoms with Crippen LogP contribution in [0.5, 0.6) is 5.75 Å². The first-order valence-corrected chi connectivity index (χ1v) is 14.4. The number of rotatable bonds is 5. The number of benzene rings is 2. The summed E-state index contributed by atoms with van der Waals surface area (Å²) in [6.45, 7) is 3.87. The van der Waals surface area contributed by atoms with E-state index < -0.39 is 0 Å². The number of likely N-dealkylation sites (N-methyl/N-ethyl adjacent to an activating group) is 1. The average Bonchev–Trinajstić information content (AvgIpc) is 3.59. The highest BCUT2D eigenvalue weighted by atomic mass is 16.3. The first-order chi connectivity index (χ1) is 19.4. The largest absolute Gasteiger partial charge is 0.508 e. The zero-order valence-corrected chi connectivity index (χ0v) is 23.2. The Morgan fingerprint density at radius 3 is 2.88 bits per heavy atom. The standard InChI is InChI=1S/C33H35N5O2/c1-36(2)12-5-8-29(40)38-19-33(20-38)11-13-37(18-33)32-28(17-34)30(25-10-9-22-15-26(22)31(25)35-32)27-16-23(39)14-21-6-3-4-7-24(21)27/h3-8,14,16,22,26,39H,9-13,15,18-20H2,1-2H3/t22-,26+/m1/s1. The molecule has 3 heterocycles. The monoisotopic (exact) mass is 533 g/mol. The van der Waals surface area contributed by atoms with Gasteiger partial charge in [-0.2, -0.15) is 5.26 Å². The molecule has 2 aliphatic heterocycles. The van der Waals surface area contributed by atoms with Crippen LogP contribution >= 0.6 is 0 Å². The lowest BCUT2D eigenvalue weighted by atomic mass is 9.79. The highest BCUT2D eigenvalue weighted by Crippen LogP contribution is 2.57. The van der Waals surface area contributed by atoms with Gasteiger partial charge in [0, 0.05) is 55.7 Å². The van der Waals surface area contributed by atoms with Crippen LogP contribution in [0.15, 0.2) is 48.6 Å². The van der Waals surface area contributed by atoms with Crippen LogP contribution in [0.4, 0.5) is 5.82 Å². The maximum atomic E-state index is 12.7. The van der Waals surface area contributed by atoms with Crippen LogP contribution in [0, 0.1) is 22.7 Å². The number of nitrogens with zero attached hydrogens (tertiary/aromatic N) is 5. The zero-order chi connectivity index (χ0) is 27.6. The molecule has 2 saturated heterocycles. The average molecular weight is 534 g/mol. The summed E-state index contributed by atoms with van der Waals surface area (Å²) in [5.41, 5.74) is 4.89. The minimum absolute atomic E-state index is 0.0509. The number of phenolic OH excluding ortho intramolecular Hbond substituents is 1. The second-order valence-electron chi connectivity index (χ2n) is 12.5. The summed E-state index contributed by atoms with van der Waals surface area (Å²) in [6, 6.07) is 14.3. The molecule has 1 N–H and O–H groups in total. The molecule has 2 aliphatic carbocycles. The summed E-state index contributed by atoms with van der Waals surface area (Å²) in [6.07, 6.45) is 7.82.